The van der Waals surface area contributed by atoms with Crippen LogP contribution in [0.1, 0.15) is 99.9 Å². The lowest BCUT2D eigenvalue weighted by atomic mass is 9.81. The van der Waals surface area contributed by atoms with Crippen LogP contribution in [0, 0.1) is 0 Å². The van der Waals surface area contributed by atoms with Crippen molar-refractivity contribution in [3.8, 4) is 61.3 Å². The summed E-state index contributed by atoms with van der Waals surface area (Å²) in [6.45, 7) is 19.2. The molecule has 1 aromatic heterocycles. The molecule has 4 aliphatic rings. The van der Waals surface area contributed by atoms with Crippen molar-refractivity contribution in [2.75, 3.05) is 4.90 Å². The van der Waals surface area contributed by atoms with Crippen molar-refractivity contribution in [2.45, 2.75) is 77.0 Å². The second kappa shape index (κ2) is 14.7. The van der Waals surface area contributed by atoms with Gasteiger partial charge in [-0.05, 0) is 179 Å². The molecule has 0 N–H and O–H groups in total. The molecule has 0 radical (unpaired) electrons. The van der Waals surface area contributed by atoms with Gasteiger partial charge in [0.2, 0.25) is 0 Å². The van der Waals surface area contributed by atoms with E-state index in [0.29, 0.717) is 0 Å². The van der Waals surface area contributed by atoms with Crippen LogP contribution in [0.15, 0.2) is 206 Å². The first-order valence-electron chi connectivity index (χ1n) is 26.6. The van der Waals surface area contributed by atoms with Crippen LogP contribution in [0.25, 0.3) is 83.1 Å². The Morgan fingerprint density at radius 2 is 0.635 bits per heavy atom. The van der Waals surface area contributed by atoms with Crippen LogP contribution in [0.2, 0.25) is 0 Å². The first-order chi connectivity index (χ1) is 35.7. The van der Waals surface area contributed by atoms with E-state index in [1.807, 2.05) is 0 Å². The van der Waals surface area contributed by atoms with Gasteiger partial charge in [0.15, 0.2) is 0 Å². The highest BCUT2D eigenvalue weighted by atomic mass is 15.1. The average molecular weight is 951 g/mol. The highest BCUT2D eigenvalue weighted by Crippen LogP contribution is 2.56. The van der Waals surface area contributed by atoms with Crippen molar-refractivity contribution in [3.05, 3.63) is 251 Å². The zero-order chi connectivity index (χ0) is 50.2. The summed E-state index contributed by atoms with van der Waals surface area (Å²) in [6, 6.07) is 78.8. The summed E-state index contributed by atoms with van der Waals surface area (Å²) in [4.78, 5) is 2.53. The van der Waals surface area contributed by atoms with Crippen molar-refractivity contribution in [2.24, 2.45) is 0 Å². The van der Waals surface area contributed by atoms with Gasteiger partial charge < -0.3 is 9.47 Å². The molecule has 356 valence electrons. The average Bonchev–Trinajstić information content (AvgIpc) is 4.18. The number of benzene rings is 10. The topological polar surface area (TPSA) is 8.17 Å². The van der Waals surface area contributed by atoms with Crippen LogP contribution in [0.5, 0.6) is 0 Å². The fourth-order valence-electron chi connectivity index (χ4n) is 14.4. The Morgan fingerprint density at radius 1 is 0.270 bits per heavy atom. The van der Waals surface area contributed by atoms with Crippen molar-refractivity contribution < 1.29 is 0 Å². The smallest absolute Gasteiger partial charge is 0.0544 e. The molecule has 0 amide bonds. The van der Waals surface area contributed by atoms with E-state index in [2.05, 4.69) is 271 Å². The molecule has 15 rings (SSSR count). The van der Waals surface area contributed by atoms with Gasteiger partial charge in [-0.15, -0.1) is 0 Å². The molecule has 2 heteroatoms. The van der Waals surface area contributed by atoms with E-state index in [4.69, 9.17) is 0 Å². The summed E-state index contributed by atoms with van der Waals surface area (Å²) in [7, 11) is 0. The summed E-state index contributed by atoms with van der Waals surface area (Å²) < 4.78 is 2.47. The van der Waals surface area contributed by atoms with Gasteiger partial charge in [-0.3, -0.25) is 0 Å². The minimum absolute atomic E-state index is 0.0882. The highest BCUT2D eigenvalue weighted by Gasteiger charge is 2.41. The molecule has 11 aromatic rings. The third-order valence-electron chi connectivity index (χ3n) is 18.4. The van der Waals surface area contributed by atoms with Crippen LogP contribution in [0.4, 0.5) is 17.1 Å². The van der Waals surface area contributed by atoms with Crippen molar-refractivity contribution >= 4 is 38.9 Å². The quantitative estimate of drug-likeness (QED) is 0.167. The lowest BCUT2D eigenvalue weighted by Gasteiger charge is -2.31. The number of rotatable bonds is 5. The third-order valence-corrected chi connectivity index (χ3v) is 18.4. The summed E-state index contributed by atoms with van der Waals surface area (Å²) in [5.41, 5.74) is 30.8. The SMILES string of the molecule is CC1(C)c2ccccc2-c2ccc(N(c3ccc4c(c3)C(C)(C)c3ccccc3-4)c3ccc4c(c3)C(C)(C)c3cc(-c5ccc6c(c5)c5cc7c(cc5n6-c5ccccc5)C(C)(C)c5ccccc5-7)ccc3-4)cc21. The van der Waals surface area contributed by atoms with Gasteiger partial charge in [-0.2, -0.15) is 0 Å². The maximum Gasteiger partial charge on any atom is 0.0544 e. The van der Waals surface area contributed by atoms with Crippen LogP contribution in [-0.2, 0) is 21.7 Å². The third kappa shape index (κ3) is 5.72. The van der Waals surface area contributed by atoms with E-state index in [1.165, 1.54) is 145 Å². The van der Waals surface area contributed by atoms with E-state index in [1.54, 1.807) is 0 Å². The number of aromatic nitrogens is 1. The van der Waals surface area contributed by atoms with Gasteiger partial charge >= 0.3 is 0 Å². The van der Waals surface area contributed by atoms with Crippen LogP contribution in [0.3, 0.4) is 0 Å². The zero-order valence-corrected chi connectivity index (χ0v) is 43.5. The molecule has 4 aliphatic carbocycles. The van der Waals surface area contributed by atoms with E-state index < -0.39 is 0 Å². The summed E-state index contributed by atoms with van der Waals surface area (Å²) in [5, 5.41) is 2.56. The lowest BCUT2D eigenvalue weighted by molar-refractivity contribution is 0.659. The summed E-state index contributed by atoms with van der Waals surface area (Å²) in [5.74, 6) is 0. The molecule has 0 aliphatic heterocycles. The van der Waals surface area contributed by atoms with Crippen LogP contribution >= 0.6 is 0 Å². The second-order valence-electron chi connectivity index (χ2n) is 23.7. The van der Waals surface area contributed by atoms with E-state index in [0.717, 1.165) is 0 Å². The van der Waals surface area contributed by atoms with Crippen molar-refractivity contribution in [1.82, 2.24) is 4.57 Å². The van der Waals surface area contributed by atoms with Gasteiger partial charge in [0, 0.05) is 55.2 Å². The molecule has 0 spiro atoms. The molecular formula is C72H58N2. The first kappa shape index (κ1) is 43.4. The van der Waals surface area contributed by atoms with E-state index in [9.17, 15) is 0 Å². The number of para-hydroxylation sites is 1. The second-order valence-corrected chi connectivity index (χ2v) is 23.7. The molecule has 0 fully saturated rings. The maximum absolute atomic E-state index is 2.53. The molecule has 0 saturated carbocycles. The zero-order valence-electron chi connectivity index (χ0n) is 43.5. The standard InChI is InChI=1S/C72H58N2/c1-69(2)59-23-15-12-20-49(59)53-32-28-46(38-63(53)69)73(47-29-33-54-50-21-13-16-24-60(50)70(3,4)64(54)39-47)48-30-34-55-52-31-26-44(37-62(52)72(7,8)65(55)40-48)43-27-35-67-57(36-43)58-41-56-51-22-14-17-25-61(51)71(5,6)66(56)42-68(58)74(67)45-18-10-9-11-19-45/h9-42H,1-8H3. The monoisotopic (exact) mass is 950 g/mol. The number of fused-ring (bicyclic) bond motifs is 15. The molecular weight excluding hydrogens is 893 g/mol. The fourth-order valence-corrected chi connectivity index (χ4v) is 14.4. The summed E-state index contributed by atoms with van der Waals surface area (Å²) in [6.07, 6.45) is 0. The molecule has 0 saturated heterocycles. The van der Waals surface area contributed by atoms with Crippen molar-refractivity contribution in [3.63, 3.8) is 0 Å². The largest absolute Gasteiger partial charge is 0.310 e. The predicted octanol–water partition coefficient (Wildman–Crippen LogP) is 19.1. The lowest BCUT2D eigenvalue weighted by Crippen LogP contribution is -2.19. The highest BCUT2D eigenvalue weighted by molar-refractivity contribution is 6.13. The number of anilines is 3. The van der Waals surface area contributed by atoms with Crippen LogP contribution in [-0.4, -0.2) is 4.57 Å². The Kier molecular flexibility index (Phi) is 8.64. The molecule has 10 aromatic carbocycles. The fraction of sp³-hybridized carbons (Fsp3) is 0.167. The van der Waals surface area contributed by atoms with Gasteiger partial charge in [-0.25, -0.2) is 0 Å². The molecule has 74 heavy (non-hydrogen) atoms. The number of hydrogen-bond donors (Lipinski definition) is 0. The normalized spacial score (nSPS) is 16.0. The Hall–Kier alpha value is -8.20. The molecule has 1 heterocycles. The van der Waals surface area contributed by atoms with E-state index in [-0.39, 0.29) is 21.7 Å². The molecule has 2 nitrogen and oxygen atoms in total. The minimum Gasteiger partial charge on any atom is -0.310 e. The molecule has 0 atom stereocenters. The van der Waals surface area contributed by atoms with Gasteiger partial charge in [-0.1, -0.05) is 183 Å². The summed E-state index contributed by atoms with van der Waals surface area (Å²) >= 11 is 0. The Balaban J connectivity index is 0.858. The molecule has 0 bridgehead atoms. The van der Waals surface area contributed by atoms with E-state index >= 15 is 0 Å². The minimum atomic E-state index is -0.250. The number of nitrogens with zero attached hydrogens (tertiary/aromatic N) is 2. The predicted molar refractivity (Wildman–Crippen MR) is 311 cm³/mol. The number of hydrogen-bond acceptors (Lipinski definition) is 1. The van der Waals surface area contributed by atoms with Gasteiger partial charge in [0.05, 0.1) is 11.0 Å². The van der Waals surface area contributed by atoms with Crippen LogP contribution < -0.4 is 4.90 Å². The Bertz CT molecular complexity index is 4140. The van der Waals surface area contributed by atoms with Crippen molar-refractivity contribution in [1.29, 1.82) is 0 Å². The molecule has 0 unspecified atom stereocenters. The Labute approximate surface area is 435 Å². The van der Waals surface area contributed by atoms with Gasteiger partial charge in [0.25, 0.3) is 0 Å². The first-order valence-corrected chi connectivity index (χ1v) is 26.6. The van der Waals surface area contributed by atoms with Gasteiger partial charge in [0.1, 0.15) is 0 Å². The maximum atomic E-state index is 2.53. The Morgan fingerprint density at radius 3 is 1.15 bits per heavy atom.